The van der Waals surface area contributed by atoms with Gasteiger partial charge in [0.15, 0.2) is 11.5 Å². The van der Waals surface area contributed by atoms with Gasteiger partial charge in [0.05, 0.1) is 44.3 Å². The molecular weight excluding hydrogens is 388 g/mol. The van der Waals surface area contributed by atoms with Crippen molar-refractivity contribution in [3.63, 3.8) is 0 Å². The number of rotatable bonds is 7. The summed E-state index contributed by atoms with van der Waals surface area (Å²) in [5.74, 6) is -0.885. The van der Waals surface area contributed by atoms with E-state index < -0.39 is 21.9 Å². The van der Waals surface area contributed by atoms with Gasteiger partial charge in [-0.05, 0) is 19.8 Å². The smallest absolute Gasteiger partial charge is 0.340 e. The maximum atomic E-state index is 12.8. The Morgan fingerprint density at radius 1 is 1.18 bits per heavy atom. The summed E-state index contributed by atoms with van der Waals surface area (Å²) in [5.41, 5.74) is 0.326. The molecule has 1 aliphatic rings. The fraction of sp³-hybridized carbons (Fsp3) is 0.556. The molecule has 1 heterocycles. The SMILES string of the molecule is CCS(=O)(=O)N1CCC[C@H](C(=O)Nc2cc(OC)c(OC)cc2C(=O)OC)C1. The summed E-state index contributed by atoms with van der Waals surface area (Å²) in [7, 11) is 0.745. The van der Waals surface area contributed by atoms with Crippen LogP contribution in [0, 0.1) is 5.92 Å². The number of piperidine rings is 1. The zero-order valence-corrected chi connectivity index (χ0v) is 17.3. The molecule has 1 saturated heterocycles. The quantitative estimate of drug-likeness (QED) is 0.673. The fourth-order valence-corrected chi connectivity index (χ4v) is 4.27. The topological polar surface area (TPSA) is 111 Å². The van der Waals surface area contributed by atoms with Crippen LogP contribution in [-0.2, 0) is 19.6 Å². The first kappa shape index (κ1) is 22.0. The number of carbonyl (C=O) groups excluding carboxylic acids is 2. The first-order valence-electron chi connectivity index (χ1n) is 8.90. The normalized spacial score (nSPS) is 17.6. The van der Waals surface area contributed by atoms with E-state index in [2.05, 4.69) is 5.32 Å². The molecule has 1 amide bonds. The third-order valence-electron chi connectivity index (χ3n) is 4.70. The summed E-state index contributed by atoms with van der Waals surface area (Å²) < 4.78 is 40.8. The van der Waals surface area contributed by atoms with E-state index in [0.717, 1.165) is 0 Å². The van der Waals surface area contributed by atoms with Crippen LogP contribution in [0.1, 0.15) is 30.1 Å². The van der Waals surface area contributed by atoms with E-state index in [1.54, 1.807) is 6.92 Å². The minimum atomic E-state index is -3.36. The van der Waals surface area contributed by atoms with E-state index in [4.69, 9.17) is 14.2 Å². The van der Waals surface area contributed by atoms with Gasteiger partial charge in [-0.2, -0.15) is 0 Å². The van der Waals surface area contributed by atoms with E-state index in [0.29, 0.717) is 30.9 Å². The molecule has 2 rings (SSSR count). The lowest BCUT2D eigenvalue weighted by Gasteiger charge is -2.31. The van der Waals surface area contributed by atoms with Crippen molar-refractivity contribution in [3.8, 4) is 11.5 Å². The number of amides is 1. The Labute approximate surface area is 165 Å². The van der Waals surface area contributed by atoms with Gasteiger partial charge in [-0.15, -0.1) is 0 Å². The van der Waals surface area contributed by atoms with Crippen molar-refractivity contribution >= 4 is 27.6 Å². The molecule has 10 heteroatoms. The molecule has 0 radical (unpaired) electrons. The van der Waals surface area contributed by atoms with Crippen LogP contribution >= 0.6 is 0 Å². The highest BCUT2D eigenvalue weighted by Crippen LogP contribution is 2.34. The second kappa shape index (κ2) is 9.24. The molecule has 1 aromatic rings. The van der Waals surface area contributed by atoms with Crippen LogP contribution in [0.4, 0.5) is 5.69 Å². The van der Waals surface area contributed by atoms with E-state index in [-0.39, 0.29) is 29.5 Å². The van der Waals surface area contributed by atoms with Gasteiger partial charge in [0.25, 0.3) is 0 Å². The number of anilines is 1. The number of hydrogen-bond donors (Lipinski definition) is 1. The first-order chi connectivity index (χ1) is 13.3. The van der Waals surface area contributed by atoms with Crippen molar-refractivity contribution in [2.45, 2.75) is 19.8 Å². The molecule has 0 spiro atoms. The van der Waals surface area contributed by atoms with E-state index >= 15 is 0 Å². The molecule has 0 unspecified atom stereocenters. The number of sulfonamides is 1. The van der Waals surface area contributed by atoms with Crippen molar-refractivity contribution in [2.75, 3.05) is 45.5 Å². The average molecular weight is 414 g/mol. The number of nitrogens with zero attached hydrogens (tertiary/aromatic N) is 1. The maximum Gasteiger partial charge on any atom is 0.340 e. The molecule has 1 N–H and O–H groups in total. The van der Waals surface area contributed by atoms with Crippen molar-refractivity contribution in [3.05, 3.63) is 17.7 Å². The van der Waals surface area contributed by atoms with Crippen LogP contribution in [0.15, 0.2) is 12.1 Å². The Hall–Kier alpha value is -2.33. The Morgan fingerprint density at radius 3 is 2.39 bits per heavy atom. The van der Waals surface area contributed by atoms with Crippen LogP contribution in [0.3, 0.4) is 0 Å². The number of hydrogen-bond acceptors (Lipinski definition) is 7. The van der Waals surface area contributed by atoms with Gasteiger partial charge in [-0.3, -0.25) is 4.79 Å². The molecule has 0 aliphatic carbocycles. The standard InChI is InChI=1S/C18H26N2O7S/c1-5-28(23,24)20-8-6-7-12(11-20)17(21)19-14-10-16(26-3)15(25-2)9-13(14)18(22)27-4/h9-10,12H,5-8,11H2,1-4H3,(H,19,21)/t12-/m0/s1. The number of nitrogens with one attached hydrogen (secondary N) is 1. The number of benzene rings is 1. The minimum Gasteiger partial charge on any atom is -0.493 e. The summed E-state index contributed by atoms with van der Waals surface area (Å²) in [4.78, 5) is 24.9. The van der Waals surface area contributed by atoms with Crippen molar-refractivity contribution in [1.29, 1.82) is 0 Å². The summed E-state index contributed by atoms with van der Waals surface area (Å²) in [5, 5.41) is 2.71. The highest BCUT2D eigenvalue weighted by atomic mass is 32.2. The molecule has 1 atom stereocenters. The first-order valence-corrected chi connectivity index (χ1v) is 10.5. The predicted octanol–water partition coefficient (Wildman–Crippen LogP) is 1.49. The number of esters is 1. The molecule has 1 aliphatic heterocycles. The second-order valence-corrected chi connectivity index (χ2v) is 8.59. The molecule has 0 bridgehead atoms. The number of ether oxygens (including phenoxy) is 3. The zero-order chi connectivity index (χ0) is 20.9. The van der Waals surface area contributed by atoms with Crippen LogP contribution in [0.2, 0.25) is 0 Å². The van der Waals surface area contributed by atoms with Gasteiger partial charge in [0.2, 0.25) is 15.9 Å². The summed E-state index contributed by atoms with van der Waals surface area (Å²) >= 11 is 0. The summed E-state index contributed by atoms with van der Waals surface area (Å²) in [6, 6.07) is 2.90. The van der Waals surface area contributed by atoms with E-state index in [1.165, 1.54) is 37.8 Å². The molecule has 1 aromatic carbocycles. The molecule has 0 aromatic heterocycles. The van der Waals surface area contributed by atoms with Crippen LogP contribution < -0.4 is 14.8 Å². The largest absolute Gasteiger partial charge is 0.493 e. The van der Waals surface area contributed by atoms with Crippen LogP contribution in [0.5, 0.6) is 11.5 Å². The van der Waals surface area contributed by atoms with Crippen molar-refractivity contribution in [2.24, 2.45) is 5.92 Å². The second-order valence-electron chi connectivity index (χ2n) is 6.33. The monoisotopic (exact) mass is 414 g/mol. The van der Waals surface area contributed by atoms with E-state index in [1.807, 2.05) is 0 Å². The fourth-order valence-electron chi connectivity index (χ4n) is 3.09. The van der Waals surface area contributed by atoms with E-state index in [9.17, 15) is 18.0 Å². The molecule has 1 fully saturated rings. The predicted molar refractivity (Wildman–Crippen MR) is 103 cm³/mol. The molecule has 9 nitrogen and oxygen atoms in total. The number of carbonyl (C=O) groups is 2. The Balaban J connectivity index is 2.28. The maximum absolute atomic E-state index is 12.8. The van der Waals surface area contributed by atoms with Gasteiger partial charge in [0.1, 0.15) is 0 Å². The molecule has 156 valence electrons. The van der Waals surface area contributed by atoms with Gasteiger partial charge < -0.3 is 19.5 Å². The lowest BCUT2D eigenvalue weighted by molar-refractivity contribution is -0.120. The highest BCUT2D eigenvalue weighted by molar-refractivity contribution is 7.89. The highest BCUT2D eigenvalue weighted by Gasteiger charge is 2.32. The van der Waals surface area contributed by atoms with Gasteiger partial charge in [0, 0.05) is 25.2 Å². The van der Waals surface area contributed by atoms with Crippen molar-refractivity contribution in [1.82, 2.24) is 4.31 Å². The Morgan fingerprint density at radius 2 is 1.82 bits per heavy atom. The Kier molecular flexibility index (Phi) is 7.25. The van der Waals surface area contributed by atoms with Gasteiger partial charge in [-0.1, -0.05) is 0 Å². The Bertz CT molecular complexity index is 839. The lowest BCUT2D eigenvalue weighted by atomic mass is 9.98. The molecular formula is C18H26N2O7S. The van der Waals surface area contributed by atoms with Crippen LogP contribution in [0.25, 0.3) is 0 Å². The average Bonchev–Trinajstić information content (AvgIpc) is 2.72. The third-order valence-corrected chi connectivity index (χ3v) is 6.55. The summed E-state index contributed by atoms with van der Waals surface area (Å²) in [6.07, 6.45) is 1.15. The third kappa shape index (κ3) is 4.74. The van der Waals surface area contributed by atoms with Gasteiger partial charge in [-0.25, -0.2) is 17.5 Å². The number of methoxy groups -OCH3 is 3. The minimum absolute atomic E-state index is 0.0104. The summed E-state index contributed by atoms with van der Waals surface area (Å²) in [6.45, 7) is 2.10. The van der Waals surface area contributed by atoms with Crippen molar-refractivity contribution < 1.29 is 32.2 Å². The van der Waals surface area contributed by atoms with Crippen LogP contribution in [-0.4, -0.2) is 64.8 Å². The van der Waals surface area contributed by atoms with Gasteiger partial charge >= 0.3 is 5.97 Å². The molecule has 28 heavy (non-hydrogen) atoms. The zero-order valence-electron chi connectivity index (χ0n) is 16.5. The lowest BCUT2D eigenvalue weighted by Crippen LogP contribution is -2.44. The molecule has 0 saturated carbocycles.